The van der Waals surface area contributed by atoms with E-state index in [2.05, 4.69) is 28.5 Å². The van der Waals surface area contributed by atoms with Gasteiger partial charge in [0.25, 0.3) is 0 Å². The summed E-state index contributed by atoms with van der Waals surface area (Å²) in [6, 6.07) is 4.22. The van der Waals surface area contributed by atoms with Crippen LogP contribution >= 0.6 is 0 Å². The van der Waals surface area contributed by atoms with Gasteiger partial charge in [-0.3, -0.25) is 14.9 Å². The SMILES string of the molecule is Cc1cc(C)cc(Cc2coc(C[C@H](N[C@@H](CC(C)C)C(=O)O)C(=O)O)n2)c1. The van der Waals surface area contributed by atoms with Crippen molar-refractivity contribution >= 4 is 11.9 Å². The first-order valence-electron chi connectivity index (χ1n) is 9.36. The summed E-state index contributed by atoms with van der Waals surface area (Å²) in [5, 5.41) is 21.5. The number of aromatic nitrogens is 1. The first-order chi connectivity index (χ1) is 13.1. The number of aliphatic carboxylic acids is 2. The van der Waals surface area contributed by atoms with E-state index in [-0.39, 0.29) is 18.2 Å². The van der Waals surface area contributed by atoms with Crippen molar-refractivity contribution in [3.63, 3.8) is 0 Å². The zero-order chi connectivity index (χ0) is 20.8. The van der Waals surface area contributed by atoms with Crippen LogP contribution in [-0.2, 0) is 22.4 Å². The van der Waals surface area contributed by atoms with Gasteiger partial charge in [-0.1, -0.05) is 43.2 Å². The molecule has 0 fully saturated rings. The van der Waals surface area contributed by atoms with Gasteiger partial charge in [-0.05, 0) is 31.7 Å². The van der Waals surface area contributed by atoms with Crippen molar-refractivity contribution in [1.29, 1.82) is 0 Å². The van der Waals surface area contributed by atoms with Crippen molar-refractivity contribution in [3.05, 3.63) is 52.7 Å². The molecule has 2 atom stereocenters. The number of oxazole rings is 1. The minimum atomic E-state index is -1.14. The fourth-order valence-corrected chi connectivity index (χ4v) is 3.25. The fraction of sp³-hybridized carbons (Fsp3) is 0.476. The first kappa shape index (κ1) is 21.6. The third kappa shape index (κ3) is 6.49. The molecule has 0 saturated heterocycles. The largest absolute Gasteiger partial charge is 0.480 e. The van der Waals surface area contributed by atoms with E-state index >= 15 is 0 Å². The normalized spacial score (nSPS) is 13.5. The number of hydrogen-bond acceptors (Lipinski definition) is 5. The van der Waals surface area contributed by atoms with Crippen molar-refractivity contribution in [2.24, 2.45) is 5.92 Å². The van der Waals surface area contributed by atoms with Gasteiger partial charge in [-0.25, -0.2) is 4.98 Å². The van der Waals surface area contributed by atoms with Crippen LogP contribution in [0.5, 0.6) is 0 Å². The summed E-state index contributed by atoms with van der Waals surface area (Å²) in [5.41, 5.74) is 4.15. The van der Waals surface area contributed by atoms with E-state index in [1.807, 2.05) is 27.7 Å². The molecule has 0 unspecified atom stereocenters. The fourth-order valence-electron chi connectivity index (χ4n) is 3.25. The third-order valence-corrected chi connectivity index (χ3v) is 4.35. The van der Waals surface area contributed by atoms with Gasteiger partial charge in [0.05, 0.1) is 12.1 Å². The number of aryl methyl sites for hydroxylation is 2. The molecule has 2 rings (SSSR count). The Morgan fingerprint density at radius 3 is 2.21 bits per heavy atom. The second-order valence-electron chi connectivity index (χ2n) is 7.69. The van der Waals surface area contributed by atoms with Crippen LogP contribution < -0.4 is 5.32 Å². The summed E-state index contributed by atoms with van der Waals surface area (Å²) in [6.07, 6.45) is 2.42. The smallest absolute Gasteiger partial charge is 0.321 e. The quantitative estimate of drug-likeness (QED) is 0.573. The molecule has 0 spiro atoms. The van der Waals surface area contributed by atoms with Crippen molar-refractivity contribution in [3.8, 4) is 0 Å². The Labute approximate surface area is 164 Å². The third-order valence-electron chi connectivity index (χ3n) is 4.35. The van der Waals surface area contributed by atoms with E-state index in [0.29, 0.717) is 18.5 Å². The first-order valence-corrected chi connectivity index (χ1v) is 9.36. The maximum Gasteiger partial charge on any atom is 0.321 e. The topological polar surface area (TPSA) is 113 Å². The van der Waals surface area contributed by atoms with E-state index in [0.717, 1.165) is 5.56 Å². The summed E-state index contributed by atoms with van der Waals surface area (Å²) in [7, 11) is 0. The van der Waals surface area contributed by atoms with Crippen LogP contribution in [0.4, 0.5) is 0 Å². The van der Waals surface area contributed by atoms with E-state index in [1.165, 1.54) is 17.4 Å². The molecule has 0 amide bonds. The average Bonchev–Trinajstić information content (AvgIpc) is 2.98. The maximum absolute atomic E-state index is 11.6. The lowest BCUT2D eigenvalue weighted by Gasteiger charge is -2.20. The van der Waals surface area contributed by atoms with Crippen LogP contribution in [0.2, 0.25) is 0 Å². The second kappa shape index (κ2) is 9.50. The molecular formula is C21H28N2O5. The number of rotatable bonds is 10. The summed E-state index contributed by atoms with van der Waals surface area (Å²) < 4.78 is 5.44. The van der Waals surface area contributed by atoms with Gasteiger partial charge in [0, 0.05) is 6.42 Å². The van der Waals surface area contributed by atoms with E-state index in [4.69, 9.17) is 4.42 Å². The molecule has 1 heterocycles. The van der Waals surface area contributed by atoms with Gasteiger partial charge in [-0.15, -0.1) is 0 Å². The van der Waals surface area contributed by atoms with E-state index in [1.54, 1.807) is 0 Å². The van der Waals surface area contributed by atoms with Crippen molar-refractivity contribution in [2.45, 2.75) is 59.0 Å². The van der Waals surface area contributed by atoms with Crippen molar-refractivity contribution < 1.29 is 24.2 Å². The monoisotopic (exact) mass is 388 g/mol. The molecule has 0 aliphatic carbocycles. The van der Waals surface area contributed by atoms with Gasteiger partial charge in [-0.2, -0.15) is 0 Å². The highest BCUT2D eigenvalue weighted by molar-refractivity contribution is 5.77. The van der Waals surface area contributed by atoms with Gasteiger partial charge < -0.3 is 14.6 Å². The van der Waals surface area contributed by atoms with E-state index < -0.39 is 24.0 Å². The lowest BCUT2D eigenvalue weighted by molar-refractivity contribution is -0.143. The van der Waals surface area contributed by atoms with Gasteiger partial charge >= 0.3 is 11.9 Å². The molecule has 28 heavy (non-hydrogen) atoms. The highest BCUT2D eigenvalue weighted by Crippen LogP contribution is 2.15. The molecular weight excluding hydrogens is 360 g/mol. The minimum absolute atomic E-state index is 0.0238. The molecule has 1 aromatic heterocycles. The molecule has 0 bridgehead atoms. The number of nitrogens with zero attached hydrogens (tertiary/aromatic N) is 1. The van der Waals surface area contributed by atoms with Gasteiger partial charge in [0.15, 0.2) is 5.89 Å². The summed E-state index contributed by atoms with van der Waals surface area (Å²) in [6.45, 7) is 7.84. The van der Waals surface area contributed by atoms with E-state index in [9.17, 15) is 19.8 Å². The van der Waals surface area contributed by atoms with Crippen LogP contribution in [0.25, 0.3) is 0 Å². The Balaban J connectivity index is 2.07. The van der Waals surface area contributed by atoms with Crippen LogP contribution in [0.3, 0.4) is 0 Å². The second-order valence-corrected chi connectivity index (χ2v) is 7.69. The Bertz CT molecular complexity index is 808. The minimum Gasteiger partial charge on any atom is -0.480 e. The van der Waals surface area contributed by atoms with Crippen molar-refractivity contribution in [1.82, 2.24) is 10.3 Å². The number of carboxylic acid groups (broad SMARTS) is 2. The highest BCUT2D eigenvalue weighted by atomic mass is 16.4. The average molecular weight is 388 g/mol. The highest BCUT2D eigenvalue weighted by Gasteiger charge is 2.28. The molecule has 2 aromatic rings. The predicted octanol–water partition coefficient (Wildman–Crippen LogP) is 2.97. The molecule has 152 valence electrons. The zero-order valence-corrected chi connectivity index (χ0v) is 16.7. The summed E-state index contributed by atoms with van der Waals surface area (Å²) in [4.78, 5) is 27.4. The number of benzene rings is 1. The van der Waals surface area contributed by atoms with Crippen LogP contribution in [0.1, 0.15) is 48.5 Å². The van der Waals surface area contributed by atoms with Gasteiger partial charge in [0.1, 0.15) is 18.3 Å². The summed E-state index contributed by atoms with van der Waals surface area (Å²) >= 11 is 0. The molecule has 0 aliphatic heterocycles. The van der Waals surface area contributed by atoms with Crippen LogP contribution in [0, 0.1) is 19.8 Å². The Morgan fingerprint density at radius 2 is 1.68 bits per heavy atom. The molecule has 7 nitrogen and oxygen atoms in total. The number of nitrogens with one attached hydrogen (secondary N) is 1. The summed E-state index contributed by atoms with van der Waals surface area (Å²) in [5.74, 6) is -1.81. The Morgan fingerprint density at radius 1 is 1.07 bits per heavy atom. The zero-order valence-electron chi connectivity index (χ0n) is 16.7. The Kier molecular flexibility index (Phi) is 7.34. The van der Waals surface area contributed by atoms with Crippen LogP contribution in [0.15, 0.2) is 28.9 Å². The molecule has 0 radical (unpaired) electrons. The molecule has 7 heteroatoms. The number of hydrogen-bond donors (Lipinski definition) is 3. The lowest BCUT2D eigenvalue weighted by atomic mass is 10.0. The number of carboxylic acids is 2. The maximum atomic E-state index is 11.6. The molecule has 0 aliphatic rings. The van der Waals surface area contributed by atoms with Crippen molar-refractivity contribution in [2.75, 3.05) is 0 Å². The lowest BCUT2D eigenvalue weighted by Crippen LogP contribution is -2.48. The standard InChI is InChI=1S/C21H28N2O5/c1-12(2)5-17(20(24)25)23-18(21(26)27)10-19-22-16(11-28-19)9-15-7-13(3)6-14(4)8-15/h6-8,11-12,17-18,23H,5,9-10H2,1-4H3,(H,24,25)(H,26,27)/t17-,18-/m0/s1. The van der Waals surface area contributed by atoms with Gasteiger partial charge in [0.2, 0.25) is 0 Å². The Hall–Kier alpha value is -2.67. The molecule has 3 N–H and O–H groups in total. The molecule has 0 saturated carbocycles. The number of carbonyl (C=O) groups is 2. The predicted molar refractivity (Wildman–Crippen MR) is 104 cm³/mol. The molecule has 1 aromatic carbocycles. The van der Waals surface area contributed by atoms with Crippen LogP contribution in [-0.4, -0.2) is 39.2 Å².